The van der Waals surface area contributed by atoms with Crippen molar-refractivity contribution in [3.63, 3.8) is 0 Å². The van der Waals surface area contributed by atoms with Crippen LogP contribution in [0.5, 0.6) is 0 Å². The van der Waals surface area contributed by atoms with Gasteiger partial charge in [0.1, 0.15) is 4.90 Å². The maximum absolute atomic E-state index is 12.8. The lowest BCUT2D eigenvalue weighted by Crippen LogP contribution is -2.40. The van der Waals surface area contributed by atoms with Crippen LogP contribution in [0.15, 0.2) is 53.4 Å². The maximum Gasteiger partial charge on any atom is 0.339 e. The highest BCUT2D eigenvalue weighted by Crippen LogP contribution is 2.26. The fourth-order valence-corrected chi connectivity index (χ4v) is 4.54. The molecule has 0 saturated heterocycles. The van der Waals surface area contributed by atoms with Crippen molar-refractivity contribution in [1.29, 1.82) is 0 Å². The Kier molecular flexibility index (Phi) is 7.28. The fraction of sp³-hybridized carbons (Fsp3) is 0.333. The zero-order chi connectivity index (χ0) is 22.7. The van der Waals surface area contributed by atoms with Crippen molar-refractivity contribution in [2.75, 3.05) is 14.1 Å². The van der Waals surface area contributed by atoms with Gasteiger partial charge in [-0.3, -0.25) is 4.79 Å². The molecule has 0 aliphatic heterocycles. The van der Waals surface area contributed by atoms with Crippen molar-refractivity contribution in [1.82, 2.24) is 9.62 Å². The monoisotopic (exact) mass is 452 g/mol. The minimum absolute atomic E-state index is 0.0349. The van der Waals surface area contributed by atoms with E-state index in [1.54, 1.807) is 65.2 Å². The van der Waals surface area contributed by atoms with Gasteiger partial charge < -0.3 is 9.64 Å². The second kappa shape index (κ2) is 9.16. The predicted octanol–water partition coefficient (Wildman–Crippen LogP) is 3.40. The third-order valence-electron chi connectivity index (χ3n) is 3.89. The molecule has 0 saturated carbocycles. The molecule has 2 aromatic rings. The van der Waals surface area contributed by atoms with E-state index in [0.29, 0.717) is 5.56 Å². The Labute approximate surface area is 182 Å². The third-order valence-corrected chi connectivity index (χ3v) is 6.13. The Morgan fingerprint density at radius 1 is 1.07 bits per heavy atom. The van der Waals surface area contributed by atoms with Crippen molar-refractivity contribution in [3.05, 3.63) is 64.7 Å². The number of nitrogens with zero attached hydrogens (tertiary/aromatic N) is 1. The zero-order valence-corrected chi connectivity index (χ0v) is 19.0. The largest absolute Gasteiger partial charge is 0.444 e. The number of sulfonamides is 1. The quantitative estimate of drug-likeness (QED) is 0.678. The summed E-state index contributed by atoms with van der Waals surface area (Å²) in [6.07, 6.45) is -1.17. The van der Waals surface area contributed by atoms with Gasteiger partial charge in [0.25, 0.3) is 5.91 Å². The summed E-state index contributed by atoms with van der Waals surface area (Å²) in [4.78, 5) is 26.4. The molecule has 0 heterocycles. The highest BCUT2D eigenvalue weighted by atomic mass is 35.5. The van der Waals surface area contributed by atoms with E-state index in [-0.39, 0.29) is 15.5 Å². The molecule has 0 aliphatic rings. The van der Waals surface area contributed by atoms with E-state index < -0.39 is 33.5 Å². The number of carbonyl (C=O) groups excluding carboxylic acids is 2. The van der Waals surface area contributed by atoms with E-state index in [1.165, 1.54) is 17.0 Å². The van der Waals surface area contributed by atoms with Gasteiger partial charge >= 0.3 is 5.97 Å². The van der Waals surface area contributed by atoms with Gasteiger partial charge in [-0.2, -0.15) is 0 Å². The number of benzene rings is 2. The number of ether oxygens (including phenoxy) is 1. The first-order valence-electron chi connectivity index (χ1n) is 9.12. The second-order valence-corrected chi connectivity index (χ2v) is 9.99. The summed E-state index contributed by atoms with van der Waals surface area (Å²) in [5, 5.41) is -0.0349. The van der Waals surface area contributed by atoms with Crippen LogP contribution in [-0.2, 0) is 19.6 Å². The van der Waals surface area contributed by atoms with Crippen molar-refractivity contribution in [2.45, 2.75) is 37.3 Å². The van der Waals surface area contributed by atoms with Gasteiger partial charge in [-0.05, 0) is 39.0 Å². The Morgan fingerprint density at radius 3 is 2.20 bits per heavy atom. The number of carbonyl (C=O) groups is 2. The van der Waals surface area contributed by atoms with Gasteiger partial charge in [0, 0.05) is 25.2 Å². The van der Waals surface area contributed by atoms with E-state index in [4.69, 9.17) is 16.3 Å². The maximum atomic E-state index is 12.8. The van der Waals surface area contributed by atoms with Crippen LogP contribution in [0.25, 0.3) is 0 Å². The number of esters is 1. The van der Waals surface area contributed by atoms with Crippen molar-refractivity contribution in [3.8, 4) is 0 Å². The average Bonchev–Trinajstić information content (AvgIpc) is 2.64. The predicted molar refractivity (Wildman–Crippen MR) is 115 cm³/mol. The van der Waals surface area contributed by atoms with Crippen LogP contribution in [-0.4, -0.2) is 44.8 Å². The van der Waals surface area contributed by atoms with Gasteiger partial charge in [0.05, 0.1) is 10.6 Å². The van der Waals surface area contributed by atoms with E-state index >= 15 is 0 Å². The topological polar surface area (TPSA) is 92.8 Å². The van der Waals surface area contributed by atoms with E-state index in [0.717, 1.165) is 6.07 Å². The Hall–Kier alpha value is -2.42. The van der Waals surface area contributed by atoms with Gasteiger partial charge in [-0.25, -0.2) is 17.9 Å². The van der Waals surface area contributed by atoms with E-state index in [2.05, 4.69) is 4.72 Å². The normalized spacial score (nSPS) is 12.9. The van der Waals surface area contributed by atoms with Crippen molar-refractivity contribution >= 4 is 33.5 Å². The van der Waals surface area contributed by atoms with Gasteiger partial charge in [-0.1, -0.05) is 41.9 Å². The van der Waals surface area contributed by atoms with Gasteiger partial charge in [0.15, 0.2) is 0 Å². The molecule has 2 rings (SSSR count). The summed E-state index contributed by atoms with van der Waals surface area (Å²) >= 11 is 6.08. The fourth-order valence-electron chi connectivity index (χ4n) is 2.59. The number of halogens is 1. The second-order valence-electron chi connectivity index (χ2n) is 7.93. The summed E-state index contributed by atoms with van der Waals surface area (Å²) in [5.74, 6) is -1.27. The molecule has 0 aliphatic carbocycles. The average molecular weight is 453 g/mol. The van der Waals surface area contributed by atoms with Crippen LogP contribution in [0.4, 0.5) is 0 Å². The number of rotatable bonds is 6. The molecule has 9 heteroatoms. The van der Waals surface area contributed by atoms with Crippen LogP contribution in [0.1, 0.15) is 42.8 Å². The first kappa shape index (κ1) is 23.9. The minimum atomic E-state index is -3.98. The molecule has 0 aromatic heterocycles. The lowest BCUT2D eigenvalue weighted by atomic mass is 10.1. The Morgan fingerprint density at radius 2 is 1.67 bits per heavy atom. The molecule has 0 fully saturated rings. The van der Waals surface area contributed by atoms with E-state index in [9.17, 15) is 18.0 Å². The molecule has 1 N–H and O–H groups in total. The molecule has 0 spiro atoms. The molecule has 0 bridgehead atoms. The van der Waals surface area contributed by atoms with Crippen LogP contribution >= 0.6 is 11.6 Å². The molecule has 1 unspecified atom stereocenters. The molecular formula is C21H25ClN2O5S. The highest BCUT2D eigenvalue weighted by Gasteiger charge is 2.29. The standard InChI is InChI=1S/C21H25ClN2O5S/c1-21(2,3)23-30(27,28)17-13-15(11-12-16(17)22)20(26)29-18(19(25)24(4)5)14-9-7-6-8-10-14/h6-13,18,23H,1-5H3. The number of likely N-dealkylation sites (N-methyl/N-ethyl adjacent to an activating group) is 1. The molecular weight excluding hydrogens is 428 g/mol. The van der Waals surface area contributed by atoms with Crippen LogP contribution in [0.2, 0.25) is 5.02 Å². The Balaban J connectivity index is 2.39. The molecule has 1 amide bonds. The number of nitrogens with one attached hydrogen (secondary N) is 1. The minimum Gasteiger partial charge on any atom is -0.444 e. The summed E-state index contributed by atoms with van der Waals surface area (Å²) in [6, 6.07) is 12.4. The molecule has 0 radical (unpaired) electrons. The first-order chi connectivity index (χ1) is 13.8. The smallest absolute Gasteiger partial charge is 0.339 e. The number of hydrogen-bond acceptors (Lipinski definition) is 5. The van der Waals surface area contributed by atoms with Crippen LogP contribution < -0.4 is 4.72 Å². The summed E-state index contributed by atoms with van der Waals surface area (Å²) in [6.45, 7) is 5.07. The van der Waals surface area contributed by atoms with Gasteiger partial charge in [0.2, 0.25) is 16.1 Å². The highest BCUT2D eigenvalue weighted by molar-refractivity contribution is 7.89. The molecule has 1 atom stereocenters. The molecule has 2 aromatic carbocycles. The Bertz CT molecular complexity index is 1030. The number of amides is 1. The molecule has 162 valence electrons. The lowest BCUT2D eigenvalue weighted by molar-refractivity contribution is -0.138. The van der Waals surface area contributed by atoms with Gasteiger partial charge in [-0.15, -0.1) is 0 Å². The SMILES string of the molecule is CN(C)C(=O)C(OC(=O)c1ccc(Cl)c(S(=O)(=O)NC(C)(C)C)c1)c1ccccc1. The van der Waals surface area contributed by atoms with E-state index in [1.807, 2.05) is 0 Å². The van der Waals surface area contributed by atoms with Crippen molar-refractivity contribution < 1.29 is 22.7 Å². The van der Waals surface area contributed by atoms with Crippen LogP contribution in [0.3, 0.4) is 0 Å². The number of hydrogen-bond donors (Lipinski definition) is 1. The lowest BCUT2D eigenvalue weighted by Gasteiger charge is -2.22. The first-order valence-corrected chi connectivity index (χ1v) is 11.0. The third kappa shape index (κ3) is 6.04. The molecule has 30 heavy (non-hydrogen) atoms. The summed E-state index contributed by atoms with van der Waals surface area (Å²) in [5.41, 5.74) is -0.281. The van der Waals surface area contributed by atoms with Crippen LogP contribution in [0, 0.1) is 0 Å². The summed E-state index contributed by atoms with van der Waals surface area (Å²) < 4.78 is 33.3. The summed E-state index contributed by atoms with van der Waals surface area (Å²) in [7, 11) is -0.874. The van der Waals surface area contributed by atoms with Crippen molar-refractivity contribution in [2.24, 2.45) is 0 Å². The zero-order valence-electron chi connectivity index (χ0n) is 17.5. The molecule has 7 nitrogen and oxygen atoms in total.